The number of fused-ring (bicyclic) bond motifs is 2. The van der Waals surface area contributed by atoms with Gasteiger partial charge in [-0.1, -0.05) is 29.8 Å². The second-order valence-electron chi connectivity index (χ2n) is 8.19. The molecule has 1 aromatic heterocycles. The first kappa shape index (κ1) is 21.4. The Hall–Kier alpha value is -2.48. The van der Waals surface area contributed by atoms with Crippen molar-refractivity contribution < 1.29 is 4.74 Å². The molecule has 3 heterocycles. The van der Waals surface area contributed by atoms with Crippen molar-refractivity contribution in [3.05, 3.63) is 64.3 Å². The zero-order valence-corrected chi connectivity index (χ0v) is 20.0. The highest BCUT2D eigenvalue weighted by molar-refractivity contribution is 7.98. The van der Waals surface area contributed by atoms with Crippen molar-refractivity contribution in [2.24, 2.45) is 0 Å². The minimum atomic E-state index is 0.381. The van der Waals surface area contributed by atoms with Gasteiger partial charge in [-0.2, -0.15) is 16.7 Å². The third-order valence-corrected chi connectivity index (χ3v) is 7.40. The number of likely N-dealkylation sites (N-methyl/N-ethyl adjacent to an activating group) is 1. The van der Waals surface area contributed by atoms with Gasteiger partial charge in [0, 0.05) is 30.6 Å². The first-order valence-corrected chi connectivity index (χ1v) is 12.3. The van der Waals surface area contributed by atoms with E-state index < -0.39 is 0 Å². The number of thioether (sulfide) groups is 1. The maximum atomic E-state index is 6.57. The van der Waals surface area contributed by atoms with E-state index in [1.807, 2.05) is 11.8 Å². The molecular formula is C24H26ClN5OS. The van der Waals surface area contributed by atoms with Crippen LogP contribution in [-0.2, 0) is 13.0 Å². The van der Waals surface area contributed by atoms with Gasteiger partial charge in [-0.05, 0) is 54.6 Å². The SMILES string of the molecule is COc1cc2c(cc1Nc1ncc(Cl)c(N3CC(SC)c4ccccc43)n1)CN(C)CC2. The third kappa shape index (κ3) is 3.89. The third-order valence-electron chi connectivity index (χ3n) is 6.16. The standard InChI is InChI=1S/C24H26ClN5OS/c1-29-9-8-15-11-21(31-2)19(10-16(15)13-29)27-24-26-12-18(25)23(28-24)30-14-22(32-3)17-6-4-5-7-20(17)30/h4-7,10-12,22H,8-9,13-14H2,1-3H3,(H,26,27,28). The molecule has 1 unspecified atom stereocenters. The second-order valence-corrected chi connectivity index (χ2v) is 9.64. The van der Waals surface area contributed by atoms with Gasteiger partial charge in [0.25, 0.3) is 0 Å². The maximum absolute atomic E-state index is 6.57. The summed E-state index contributed by atoms with van der Waals surface area (Å²) in [6, 6.07) is 12.7. The van der Waals surface area contributed by atoms with Crippen LogP contribution in [0.1, 0.15) is 21.9 Å². The number of nitrogens with one attached hydrogen (secondary N) is 1. The summed E-state index contributed by atoms with van der Waals surface area (Å²) >= 11 is 8.41. The molecular weight excluding hydrogens is 442 g/mol. The van der Waals surface area contributed by atoms with Gasteiger partial charge in [0.15, 0.2) is 5.82 Å². The zero-order chi connectivity index (χ0) is 22.2. The molecule has 0 fully saturated rings. The Bertz CT molecular complexity index is 1160. The largest absolute Gasteiger partial charge is 0.495 e. The molecule has 1 atom stereocenters. The molecule has 6 nitrogen and oxygen atoms in total. The van der Waals surface area contributed by atoms with Crippen molar-refractivity contribution in [3.63, 3.8) is 0 Å². The van der Waals surface area contributed by atoms with E-state index in [9.17, 15) is 0 Å². The predicted octanol–water partition coefficient (Wildman–Crippen LogP) is 5.43. The van der Waals surface area contributed by atoms with Crippen molar-refractivity contribution in [3.8, 4) is 5.75 Å². The summed E-state index contributed by atoms with van der Waals surface area (Å²) in [6.45, 7) is 2.80. The average Bonchev–Trinajstić information content (AvgIpc) is 3.18. The Kier molecular flexibility index (Phi) is 5.88. The number of hydrogen-bond donors (Lipinski definition) is 1. The molecule has 0 spiro atoms. The lowest BCUT2D eigenvalue weighted by Gasteiger charge is -2.26. The number of methoxy groups -OCH3 is 1. The van der Waals surface area contributed by atoms with Crippen molar-refractivity contribution in [1.82, 2.24) is 14.9 Å². The van der Waals surface area contributed by atoms with E-state index in [0.717, 1.165) is 43.2 Å². The number of hydrogen-bond acceptors (Lipinski definition) is 7. The minimum Gasteiger partial charge on any atom is -0.495 e. The number of halogens is 1. The summed E-state index contributed by atoms with van der Waals surface area (Å²) < 4.78 is 5.67. The highest BCUT2D eigenvalue weighted by Crippen LogP contribution is 2.46. The minimum absolute atomic E-state index is 0.381. The fraction of sp³-hybridized carbons (Fsp3) is 0.333. The summed E-state index contributed by atoms with van der Waals surface area (Å²) in [4.78, 5) is 13.8. The number of para-hydroxylation sites is 1. The number of rotatable bonds is 5. The van der Waals surface area contributed by atoms with E-state index in [4.69, 9.17) is 21.3 Å². The zero-order valence-electron chi connectivity index (χ0n) is 18.4. The lowest BCUT2D eigenvalue weighted by atomic mass is 9.99. The van der Waals surface area contributed by atoms with Crippen molar-refractivity contribution in [2.75, 3.05) is 43.7 Å². The summed E-state index contributed by atoms with van der Waals surface area (Å²) in [7, 11) is 3.84. The van der Waals surface area contributed by atoms with E-state index in [1.165, 1.54) is 16.7 Å². The summed E-state index contributed by atoms with van der Waals surface area (Å²) in [6.07, 6.45) is 4.83. The molecule has 0 radical (unpaired) electrons. The van der Waals surface area contributed by atoms with Gasteiger partial charge in [0.2, 0.25) is 5.95 Å². The molecule has 0 saturated carbocycles. The molecule has 5 rings (SSSR count). The van der Waals surface area contributed by atoms with Crippen molar-refractivity contribution >= 4 is 46.5 Å². The van der Waals surface area contributed by atoms with E-state index in [1.54, 1.807) is 13.3 Å². The van der Waals surface area contributed by atoms with Crippen LogP contribution in [0.15, 0.2) is 42.6 Å². The monoisotopic (exact) mass is 467 g/mol. The molecule has 0 bridgehead atoms. The van der Waals surface area contributed by atoms with Crippen LogP contribution in [0.4, 0.5) is 23.1 Å². The predicted molar refractivity (Wildman–Crippen MR) is 133 cm³/mol. The van der Waals surface area contributed by atoms with Crippen LogP contribution in [0, 0.1) is 0 Å². The molecule has 166 valence electrons. The molecule has 32 heavy (non-hydrogen) atoms. The van der Waals surface area contributed by atoms with Gasteiger partial charge in [0.05, 0.1) is 19.0 Å². The Morgan fingerprint density at radius 2 is 2.06 bits per heavy atom. The van der Waals surface area contributed by atoms with Crippen molar-refractivity contribution in [2.45, 2.75) is 18.2 Å². The highest BCUT2D eigenvalue weighted by atomic mass is 35.5. The molecule has 2 aliphatic heterocycles. The molecule has 0 amide bonds. The topological polar surface area (TPSA) is 53.5 Å². The Morgan fingerprint density at radius 3 is 2.88 bits per heavy atom. The number of nitrogens with zero attached hydrogens (tertiary/aromatic N) is 4. The fourth-order valence-corrected chi connectivity index (χ4v) is 5.44. The fourth-order valence-electron chi connectivity index (χ4n) is 4.49. The lowest BCUT2D eigenvalue weighted by molar-refractivity contribution is 0.312. The molecule has 3 aromatic rings. The van der Waals surface area contributed by atoms with E-state index in [-0.39, 0.29) is 0 Å². The van der Waals surface area contributed by atoms with E-state index in [2.05, 4.69) is 69.8 Å². The molecule has 8 heteroatoms. The highest BCUT2D eigenvalue weighted by Gasteiger charge is 2.31. The molecule has 1 N–H and O–H groups in total. The number of anilines is 4. The van der Waals surface area contributed by atoms with Crippen LogP contribution in [0.5, 0.6) is 5.75 Å². The summed E-state index contributed by atoms with van der Waals surface area (Å²) in [5, 5.41) is 4.29. The lowest BCUT2D eigenvalue weighted by Crippen LogP contribution is -2.26. The quantitative estimate of drug-likeness (QED) is 0.537. The van der Waals surface area contributed by atoms with Crippen LogP contribution in [0.25, 0.3) is 0 Å². The van der Waals surface area contributed by atoms with E-state index >= 15 is 0 Å². The molecule has 0 aliphatic carbocycles. The summed E-state index contributed by atoms with van der Waals surface area (Å²) in [5.74, 6) is 2.00. The first-order chi connectivity index (χ1) is 15.6. The van der Waals surface area contributed by atoms with Crippen LogP contribution in [0.2, 0.25) is 5.02 Å². The maximum Gasteiger partial charge on any atom is 0.229 e. The number of aromatic nitrogens is 2. The van der Waals surface area contributed by atoms with Gasteiger partial charge in [0.1, 0.15) is 10.8 Å². The first-order valence-electron chi connectivity index (χ1n) is 10.6. The van der Waals surface area contributed by atoms with Gasteiger partial charge in [-0.25, -0.2) is 4.98 Å². The Labute approximate surface area is 198 Å². The number of ether oxygens (including phenoxy) is 1. The molecule has 2 aliphatic rings. The Balaban J connectivity index is 1.49. The van der Waals surface area contributed by atoms with Crippen LogP contribution >= 0.6 is 23.4 Å². The van der Waals surface area contributed by atoms with Gasteiger partial charge in [-0.15, -0.1) is 0 Å². The van der Waals surface area contributed by atoms with Crippen LogP contribution < -0.4 is 15.0 Å². The normalized spacial score (nSPS) is 17.8. The smallest absolute Gasteiger partial charge is 0.229 e. The Morgan fingerprint density at radius 1 is 1.22 bits per heavy atom. The van der Waals surface area contributed by atoms with Crippen LogP contribution in [-0.4, -0.2) is 48.4 Å². The number of benzene rings is 2. The second kappa shape index (κ2) is 8.81. The van der Waals surface area contributed by atoms with Gasteiger partial charge in [-0.3, -0.25) is 0 Å². The molecule has 0 saturated heterocycles. The van der Waals surface area contributed by atoms with Gasteiger partial charge < -0.3 is 19.9 Å². The molecule has 2 aromatic carbocycles. The van der Waals surface area contributed by atoms with Crippen LogP contribution in [0.3, 0.4) is 0 Å². The average molecular weight is 468 g/mol. The summed E-state index contributed by atoms with van der Waals surface area (Å²) in [5.41, 5.74) is 5.95. The van der Waals surface area contributed by atoms with Crippen molar-refractivity contribution in [1.29, 1.82) is 0 Å². The van der Waals surface area contributed by atoms with Gasteiger partial charge >= 0.3 is 0 Å². The van der Waals surface area contributed by atoms with E-state index in [0.29, 0.717) is 22.0 Å².